The number of phenols is 1. The van der Waals surface area contributed by atoms with Crippen LogP contribution in [-0.2, 0) is 6.18 Å². The normalized spacial score (nSPS) is 30.8. The van der Waals surface area contributed by atoms with Crippen molar-refractivity contribution >= 4 is 28.3 Å². The lowest BCUT2D eigenvalue weighted by Gasteiger charge is -2.34. The zero-order chi connectivity index (χ0) is 32.1. The molecule has 2 N–H and O–H groups in total. The molecule has 4 aliphatic heterocycles. The number of rotatable bonds is 5. The average molecular weight is 613 g/mol. The Bertz CT molecular complexity index is 1750. The van der Waals surface area contributed by atoms with Crippen LogP contribution in [0.15, 0.2) is 23.1 Å². The van der Waals surface area contributed by atoms with Crippen molar-refractivity contribution in [1.29, 1.82) is 0 Å². The summed E-state index contributed by atoms with van der Waals surface area (Å²) in [6, 6.07) is 1.06. The molecule has 0 radical (unpaired) electrons. The van der Waals surface area contributed by atoms with Crippen molar-refractivity contribution in [2.24, 2.45) is 0 Å². The number of anilines is 1. The molecule has 4 aliphatic rings. The minimum absolute atomic E-state index is 0.0979. The number of benzene rings is 1. The molecule has 0 amide bonds. The van der Waals surface area contributed by atoms with Crippen LogP contribution in [0.3, 0.4) is 0 Å². The van der Waals surface area contributed by atoms with Gasteiger partial charge in [0.15, 0.2) is 0 Å². The van der Waals surface area contributed by atoms with Gasteiger partial charge >= 0.3 is 12.2 Å². The van der Waals surface area contributed by atoms with Gasteiger partial charge < -0.3 is 20.1 Å². The maximum Gasteiger partial charge on any atom is 0.419 e. The van der Waals surface area contributed by atoms with Gasteiger partial charge in [0.25, 0.3) is 5.56 Å². The van der Waals surface area contributed by atoms with Gasteiger partial charge in [0.1, 0.15) is 35.4 Å². The van der Waals surface area contributed by atoms with E-state index in [-0.39, 0.29) is 36.3 Å². The molecule has 0 saturated carbocycles. The van der Waals surface area contributed by atoms with Gasteiger partial charge in [0.2, 0.25) is 0 Å². The third kappa shape index (κ3) is 4.63. The zero-order valence-electron chi connectivity index (χ0n) is 25.1. The topological polar surface area (TPSA) is 109 Å². The Morgan fingerprint density at radius 1 is 1.24 bits per heavy atom. The number of nitrogens with one attached hydrogen (secondary N) is 1. The molecule has 6 heterocycles. The third-order valence-corrected chi connectivity index (χ3v) is 8.78. The van der Waals surface area contributed by atoms with E-state index in [4.69, 9.17) is 20.5 Å². The first kappa shape index (κ1) is 24.2. The van der Waals surface area contributed by atoms with Crippen LogP contribution in [0.1, 0.15) is 41.8 Å². The van der Waals surface area contributed by atoms with Crippen LogP contribution in [-0.4, -0.2) is 86.3 Å². The van der Waals surface area contributed by atoms with Crippen molar-refractivity contribution < 1.29 is 31.5 Å². The molecule has 2 bridgehead atoms. The summed E-state index contributed by atoms with van der Waals surface area (Å²) in [4.78, 5) is 26.0. The van der Waals surface area contributed by atoms with Gasteiger partial charge in [-0.15, -0.1) is 0 Å². The lowest BCUT2D eigenvalue weighted by atomic mass is 9.95. The van der Waals surface area contributed by atoms with Gasteiger partial charge in [0, 0.05) is 44.2 Å². The van der Waals surface area contributed by atoms with E-state index >= 15 is 0 Å². The number of fused-ring (bicyclic) bond motifs is 4. The molecule has 10 nitrogen and oxygen atoms in total. The van der Waals surface area contributed by atoms with Crippen molar-refractivity contribution in [3.8, 4) is 17.4 Å². The van der Waals surface area contributed by atoms with Crippen molar-refractivity contribution in [2.75, 3.05) is 37.6 Å². The molecular weight excluding hydrogens is 582 g/mol. The summed E-state index contributed by atoms with van der Waals surface area (Å²) in [5.74, 6) is -0.456. The summed E-state index contributed by atoms with van der Waals surface area (Å²) >= 11 is 5.86. The molecule has 1 aromatic carbocycles. The molecule has 4 saturated heterocycles. The first-order valence-corrected chi connectivity index (χ1v) is 14.0. The molecule has 15 heteroatoms. The number of aromatic nitrogens is 4. The number of aromatic hydroxyl groups is 1. The van der Waals surface area contributed by atoms with Crippen LogP contribution in [0.2, 0.25) is 5.02 Å². The minimum Gasteiger partial charge on any atom is -0.508 e. The lowest BCUT2D eigenvalue weighted by molar-refractivity contribution is -0.137. The minimum atomic E-state index is -5.02. The second kappa shape index (κ2) is 9.91. The standard InChI is InChI=1S/C27H28ClF4N7O3/c28-19-6-17(40)7-20(21(19)27(30,31)32)39-24(41)22-18(9-33-39)23(37-11-15-2-3-16(12-37)34-15)36-25(35-22)42-13-26-4-1-5-38(26)10-14(29)8-26/h6-7,9,14-16,34,40H,1-5,8,10-13H2/t14-,15-,16+,26+/m1/s1/i13D2,14D. The number of piperazine rings is 1. The Kier molecular flexibility index (Phi) is 5.72. The van der Waals surface area contributed by atoms with Crippen LogP contribution in [0.25, 0.3) is 16.6 Å². The van der Waals surface area contributed by atoms with Gasteiger partial charge in [-0.3, -0.25) is 9.69 Å². The Morgan fingerprint density at radius 2 is 2.00 bits per heavy atom. The molecule has 0 unspecified atom stereocenters. The SMILES string of the molecule is [2H]C([2H])(Oc1nc(N2C[C@H]3CC[C@@H](C2)N3)c2cnn(-c3cc(O)cc(Cl)c3C(F)(F)F)c(=O)c2n1)[C@@]12CCCN1C[C@]([2H])(F)C2. The molecule has 0 aliphatic carbocycles. The number of alkyl halides is 4. The predicted octanol–water partition coefficient (Wildman–Crippen LogP) is 3.45. The Balaban J connectivity index is 1.39. The molecule has 4 atom stereocenters. The molecule has 4 fully saturated rings. The summed E-state index contributed by atoms with van der Waals surface area (Å²) in [5.41, 5.74) is -5.26. The highest BCUT2D eigenvalue weighted by molar-refractivity contribution is 6.31. The Morgan fingerprint density at radius 3 is 2.74 bits per heavy atom. The van der Waals surface area contributed by atoms with Crippen LogP contribution in [0.5, 0.6) is 11.8 Å². The van der Waals surface area contributed by atoms with Gasteiger partial charge in [-0.25, -0.2) is 4.39 Å². The summed E-state index contributed by atoms with van der Waals surface area (Å²) < 4.78 is 89.1. The summed E-state index contributed by atoms with van der Waals surface area (Å²) in [6.45, 7) is -1.60. The Labute approximate surface area is 246 Å². The largest absolute Gasteiger partial charge is 0.508 e. The molecule has 2 aromatic heterocycles. The van der Waals surface area contributed by atoms with Crippen LogP contribution < -0.4 is 20.5 Å². The number of phenolic OH excluding ortho intramolecular Hbond substituents is 1. The number of nitrogens with zero attached hydrogens (tertiary/aromatic N) is 6. The number of hydrogen-bond acceptors (Lipinski definition) is 9. The summed E-state index contributed by atoms with van der Waals surface area (Å²) in [6.07, 6.45) is -4.17. The number of halogens is 5. The smallest absolute Gasteiger partial charge is 0.419 e. The molecule has 7 rings (SSSR count). The van der Waals surface area contributed by atoms with Crippen molar-refractivity contribution in [3.63, 3.8) is 0 Å². The van der Waals surface area contributed by atoms with Gasteiger partial charge in [-0.1, -0.05) is 11.6 Å². The highest BCUT2D eigenvalue weighted by Crippen LogP contribution is 2.42. The van der Waals surface area contributed by atoms with E-state index in [1.165, 1.54) is 0 Å². The first-order valence-electron chi connectivity index (χ1n) is 15.1. The Hall–Kier alpha value is -3.23. The highest BCUT2D eigenvalue weighted by atomic mass is 35.5. The van der Waals surface area contributed by atoms with Gasteiger partial charge in [0.05, 0.1) is 31.9 Å². The second-order valence-electron chi connectivity index (χ2n) is 11.3. The number of hydrogen-bond donors (Lipinski definition) is 2. The van der Waals surface area contributed by atoms with E-state index in [0.29, 0.717) is 42.9 Å². The maximum absolute atomic E-state index is 14.9. The summed E-state index contributed by atoms with van der Waals surface area (Å²) in [7, 11) is 0. The van der Waals surface area contributed by atoms with Crippen LogP contribution >= 0.6 is 11.6 Å². The van der Waals surface area contributed by atoms with E-state index in [1.807, 2.05) is 4.90 Å². The van der Waals surface area contributed by atoms with Crippen molar-refractivity contribution in [3.05, 3.63) is 39.3 Å². The molecule has 42 heavy (non-hydrogen) atoms. The zero-order valence-corrected chi connectivity index (χ0v) is 22.8. The quantitative estimate of drug-likeness (QED) is 0.419. The molecule has 0 spiro atoms. The van der Waals surface area contributed by atoms with E-state index in [1.54, 1.807) is 4.90 Å². The molecule has 224 valence electrons. The third-order valence-electron chi connectivity index (χ3n) is 8.49. The van der Waals surface area contributed by atoms with Crippen LogP contribution in [0, 0.1) is 0 Å². The van der Waals surface area contributed by atoms with E-state index in [2.05, 4.69) is 20.4 Å². The predicted molar refractivity (Wildman–Crippen MR) is 145 cm³/mol. The summed E-state index contributed by atoms with van der Waals surface area (Å²) in [5, 5.41) is 16.8. The van der Waals surface area contributed by atoms with Crippen molar-refractivity contribution in [1.82, 2.24) is 30.0 Å². The fraction of sp³-hybridized carbons (Fsp3) is 0.556. The average Bonchev–Trinajstić information content (AvgIpc) is 3.56. The van der Waals surface area contributed by atoms with Crippen molar-refractivity contribution in [2.45, 2.75) is 62.1 Å². The number of ether oxygens (including phenoxy) is 1. The molecule has 3 aromatic rings. The lowest BCUT2D eigenvalue weighted by Crippen LogP contribution is -2.51. The molecular formula is C27H28ClF4N7O3. The van der Waals surface area contributed by atoms with Gasteiger partial charge in [-0.05, 0) is 38.3 Å². The fourth-order valence-electron chi connectivity index (χ4n) is 6.68. The first-order chi connectivity index (χ1) is 21.1. The van der Waals surface area contributed by atoms with E-state index in [9.17, 15) is 27.5 Å². The van der Waals surface area contributed by atoms with E-state index in [0.717, 1.165) is 19.0 Å². The van der Waals surface area contributed by atoms with E-state index < -0.39 is 70.0 Å². The maximum atomic E-state index is 14.9. The second-order valence-corrected chi connectivity index (χ2v) is 11.7. The van der Waals surface area contributed by atoms with Gasteiger partial charge in [-0.2, -0.15) is 32.9 Å². The monoisotopic (exact) mass is 612 g/mol. The van der Waals surface area contributed by atoms with Crippen LogP contribution in [0.4, 0.5) is 23.4 Å². The fourth-order valence-corrected chi connectivity index (χ4v) is 7.00. The highest BCUT2D eigenvalue weighted by Gasteiger charge is 2.49.